The monoisotopic (exact) mass is 210 g/mol. The molecule has 1 N–H and O–H groups in total. The molecule has 1 aromatic rings. The molecule has 1 rings (SSSR count). The average Bonchev–Trinajstić information content (AvgIpc) is 2.18. The van der Waals surface area contributed by atoms with Crippen LogP contribution in [0.4, 0.5) is 5.69 Å². The van der Waals surface area contributed by atoms with Gasteiger partial charge in [0.15, 0.2) is 0 Å². The highest BCUT2D eigenvalue weighted by atomic mass is 16.6. The van der Waals surface area contributed by atoms with Crippen molar-refractivity contribution in [2.24, 2.45) is 0 Å². The minimum absolute atomic E-state index is 0.117. The SMILES string of the molecule is CONC(C)Cc1ccc([N+](=O)[O-])cc1. The molecule has 0 aliphatic heterocycles. The molecule has 0 bridgehead atoms. The lowest BCUT2D eigenvalue weighted by molar-refractivity contribution is -0.384. The van der Waals surface area contributed by atoms with E-state index in [2.05, 4.69) is 5.48 Å². The lowest BCUT2D eigenvalue weighted by Gasteiger charge is -2.11. The van der Waals surface area contributed by atoms with Crippen molar-refractivity contribution >= 4 is 5.69 Å². The predicted octanol–water partition coefficient (Wildman–Crippen LogP) is 1.68. The van der Waals surface area contributed by atoms with E-state index in [4.69, 9.17) is 4.84 Å². The van der Waals surface area contributed by atoms with E-state index in [1.54, 1.807) is 19.2 Å². The molecule has 1 aromatic carbocycles. The molecule has 0 radical (unpaired) electrons. The molecule has 0 amide bonds. The van der Waals surface area contributed by atoms with Crippen molar-refractivity contribution < 1.29 is 9.76 Å². The third-order valence-electron chi connectivity index (χ3n) is 2.01. The molecular formula is C10H14N2O3. The molecule has 0 aliphatic carbocycles. The van der Waals surface area contributed by atoms with E-state index < -0.39 is 4.92 Å². The number of hydrogen-bond donors (Lipinski definition) is 1. The zero-order valence-corrected chi connectivity index (χ0v) is 8.77. The van der Waals surface area contributed by atoms with Gasteiger partial charge in [-0.05, 0) is 18.9 Å². The number of nitro benzene ring substituents is 1. The summed E-state index contributed by atoms with van der Waals surface area (Å²) in [5.74, 6) is 0. The van der Waals surface area contributed by atoms with Crippen LogP contribution in [0, 0.1) is 10.1 Å². The van der Waals surface area contributed by atoms with Gasteiger partial charge in [-0.25, -0.2) is 0 Å². The minimum Gasteiger partial charge on any atom is -0.305 e. The zero-order valence-electron chi connectivity index (χ0n) is 8.77. The van der Waals surface area contributed by atoms with Gasteiger partial charge in [0.25, 0.3) is 5.69 Å². The van der Waals surface area contributed by atoms with Gasteiger partial charge in [0.05, 0.1) is 12.0 Å². The Hall–Kier alpha value is -1.46. The summed E-state index contributed by atoms with van der Waals surface area (Å²) >= 11 is 0. The molecule has 5 heteroatoms. The fourth-order valence-corrected chi connectivity index (χ4v) is 1.35. The number of nitrogens with one attached hydrogen (secondary N) is 1. The normalized spacial score (nSPS) is 12.4. The summed E-state index contributed by atoms with van der Waals surface area (Å²) in [5.41, 5.74) is 3.95. The van der Waals surface area contributed by atoms with Crippen molar-refractivity contribution in [2.45, 2.75) is 19.4 Å². The third kappa shape index (κ3) is 3.65. The fraction of sp³-hybridized carbons (Fsp3) is 0.400. The van der Waals surface area contributed by atoms with Crippen LogP contribution >= 0.6 is 0 Å². The van der Waals surface area contributed by atoms with E-state index in [0.29, 0.717) is 0 Å². The Morgan fingerprint density at radius 2 is 2.07 bits per heavy atom. The van der Waals surface area contributed by atoms with Crippen molar-refractivity contribution in [3.8, 4) is 0 Å². The minimum atomic E-state index is -0.402. The van der Waals surface area contributed by atoms with Gasteiger partial charge in [0.2, 0.25) is 0 Å². The molecule has 0 fully saturated rings. The van der Waals surface area contributed by atoms with Crippen molar-refractivity contribution in [1.82, 2.24) is 5.48 Å². The largest absolute Gasteiger partial charge is 0.305 e. The van der Waals surface area contributed by atoms with Crippen molar-refractivity contribution in [3.63, 3.8) is 0 Å². The van der Waals surface area contributed by atoms with Crippen molar-refractivity contribution in [3.05, 3.63) is 39.9 Å². The van der Waals surface area contributed by atoms with E-state index in [9.17, 15) is 10.1 Å². The van der Waals surface area contributed by atoms with Crippen LogP contribution in [0.2, 0.25) is 0 Å². The van der Waals surface area contributed by atoms with Gasteiger partial charge in [0.1, 0.15) is 0 Å². The topological polar surface area (TPSA) is 64.4 Å². The Balaban J connectivity index is 2.60. The molecule has 5 nitrogen and oxygen atoms in total. The second kappa shape index (κ2) is 5.43. The molecule has 82 valence electrons. The smallest absolute Gasteiger partial charge is 0.269 e. The molecule has 0 aliphatic rings. The highest BCUT2D eigenvalue weighted by Gasteiger charge is 2.06. The first kappa shape index (κ1) is 11.6. The summed E-state index contributed by atoms with van der Waals surface area (Å²) in [4.78, 5) is 14.8. The zero-order chi connectivity index (χ0) is 11.3. The number of nitro groups is 1. The molecule has 0 spiro atoms. The maximum absolute atomic E-state index is 10.4. The van der Waals surface area contributed by atoms with E-state index >= 15 is 0 Å². The quantitative estimate of drug-likeness (QED) is 0.593. The number of hydrogen-bond acceptors (Lipinski definition) is 4. The van der Waals surface area contributed by atoms with Crippen LogP contribution in [-0.4, -0.2) is 18.1 Å². The summed E-state index contributed by atoms with van der Waals surface area (Å²) in [6.45, 7) is 1.98. The first-order valence-corrected chi connectivity index (χ1v) is 4.65. The van der Waals surface area contributed by atoms with E-state index in [1.165, 1.54) is 12.1 Å². The Morgan fingerprint density at radius 1 is 1.47 bits per heavy atom. The standard InChI is InChI=1S/C10H14N2O3/c1-8(11-15-2)7-9-3-5-10(6-4-9)12(13)14/h3-6,8,11H,7H2,1-2H3. The summed E-state index contributed by atoms with van der Waals surface area (Å²) in [7, 11) is 1.56. The number of benzene rings is 1. The van der Waals surface area contributed by atoms with E-state index in [-0.39, 0.29) is 11.7 Å². The maximum Gasteiger partial charge on any atom is 0.269 e. The fourth-order valence-electron chi connectivity index (χ4n) is 1.35. The van der Waals surface area contributed by atoms with Gasteiger partial charge in [0, 0.05) is 18.2 Å². The molecule has 1 unspecified atom stereocenters. The lowest BCUT2D eigenvalue weighted by atomic mass is 10.1. The van der Waals surface area contributed by atoms with Gasteiger partial charge in [-0.2, -0.15) is 5.48 Å². The molecule has 1 atom stereocenters. The van der Waals surface area contributed by atoms with Crippen LogP contribution in [0.5, 0.6) is 0 Å². The number of nitrogens with zero attached hydrogens (tertiary/aromatic N) is 1. The van der Waals surface area contributed by atoms with Crippen LogP contribution in [0.15, 0.2) is 24.3 Å². The van der Waals surface area contributed by atoms with Gasteiger partial charge in [-0.3, -0.25) is 10.1 Å². The van der Waals surface area contributed by atoms with Gasteiger partial charge < -0.3 is 4.84 Å². The number of non-ortho nitro benzene ring substituents is 1. The molecule has 0 saturated carbocycles. The Morgan fingerprint density at radius 3 is 2.53 bits per heavy atom. The number of rotatable bonds is 5. The van der Waals surface area contributed by atoms with Crippen molar-refractivity contribution in [1.29, 1.82) is 0 Å². The van der Waals surface area contributed by atoms with Crippen LogP contribution in [-0.2, 0) is 11.3 Å². The maximum atomic E-state index is 10.4. The number of hydroxylamine groups is 1. The molecule has 0 saturated heterocycles. The first-order chi connectivity index (χ1) is 7.13. The average molecular weight is 210 g/mol. The van der Waals surface area contributed by atoms with Crippen molar-refractivity contribution in [2.75, 3.05) is 7.11 Å². The second-order valence-electron chi connectivity index (χ2n) is 3.35. The van der Waals surface area contributed by atoms with E-state index in [0.717, 1.165) is 12.0 Å². The summed E-state index contributed by atoms with van der Waals surface area (Å²) in [6.07, 6.45) is 0.770. The highest BCUT2D eigenvalue weighted by molar-refractivity contribution is 5.33. The third-order valence-corrected chi connectivity index (χ3v) is 2.01. The molecule has 0 aromatic heterocycles. The van der Waals surface area contributed by atoms with Crippen LogP contribution in [0.25, 0.3) is 0 Å². The van der Waals surface area contributed by atoms with Gasteiger partial charge in [-0.15, -0.1) is 0 Å². The Labute approximate surface area is 88.2 Å². The molecule has 0 heterocycles. The lowest BCUT2D eigenvalue weighted by Crippen LogP contribution is -2.26. The first-order valence-electron chi connectivity index (χ1n) is 4.65. The Bertz CT molecular complexity index is 324. The van der Waals surface area contributed by atoms with Crippen LogP contribution in [0.3, 0.4) is 0 Å². The summed E-state index contributed by atoms with van der Waals surface area (Å²) in [6, 6.07) is 6.71. The van der Waals surface area contributed by atoms with Crippen LogP contribution < -0.4 is 5.48 Å². The van der Waals surface area contributed by atoms with Gasteiger partial charge in [-0.1, -0.05) is 12.1 Å². The predicted molar refractivity (Wildman–Crippen MR) is 56.4 cm³/mol. The molecular weight excluding hydrogens is 196 g/mol. The summed E-state index contributed by atoms with van der Waals surface area (Å²) in [5, 5.41) is 10.4. The Kier molecular flexibility index (Phi) is 4.20. The highest BCUT2D eigenvalue weighted by Crippen LogP contribution is 2.12. The van der Waals surface area contributed by atoms with Crippen LogP contribution in [0.1, 0.15) is 12.5 Å². The van der Waals surface area contributed by atoms with E-state index in [1.807, 2.05) is 6.92 Å². The second-order valence-corrected chi connectivity index (χ2v) is 3.35. The van der Waals surface area contributed by atoms with Gasteiger partial charge >= 0.3 is 0 Å². The molecule has 15 heavy (non-hydrogen) atoms. The summed E-state index contributed by atoms with van der Waals surface area (Å²) < 4.78 is 0.